The first-order valence-electron chi connectivity index (χ1n) is 8.95. The Kier molecular flexibility index (Phi) is 7.45. The minimum absolute atomic E-state index is 0. The van der Waals surface area contributed by atoms with Crippen molar-refractivity contribution in [3.63, 3.8) is 0 Å². The highest BCUT2D eigenvalue weighted by Crippen LogP contribution is 2.35. The van der Waals surface area contributed by atoms with Gasteiger partial charge in [-0.15, -0.1) is 24.2 Å². The van der Waals surface area contributed by atoms with Crippen LogP contribution in [0.2, 0.25) is 0 Å². The number of hydrogen-bond donors (Lipinski definition) is 2. The van der Waals surface area contributed by atoms with Crippen LogP contribution in [0.1, 0.15) is 56.9 Å². The molecule has 2 unspecified atom stereocenters. The van der Waals surface area contributed by atoms with Gasteiger partial charge in [0.1, 0.15) is 0 Å². The summed E-state index contributed by atoms with van der Waals surface area (Å²) in [5.41, 5.74) is 8.01. The van der Waals surface area contributed by atoms with Crippen molar-refractivity contribution in [3.8, 4) is 0 Å². The van der Waals surface area contributed by atoms with E-state index in [1.807, 2.05) is 11.8 Å². The van der Waals surface area contributed by atoms with Crippen LogP contribution < -0.4 is 11.1 Å². The third-order valence-electron chi connectivity index (χ3n) is 5.15. The standard InChI is InChI=1S/C19H28N2OS.ClH/c1-13-11-17(23-16-5-3-2-4-6-16)9-10-18(13)21-19(22)14-7-8-15(20)12-14;/h9-11,14-16H,2-8,12,20H2,1H3,(H,21,22);1H. The number of aryl methyl sites for hydroxylation is 1. The van der Waals surface area contributed by atoms with Gasteiger partial charge in [0.15, 0.2) is 0 Å². The molecule has 2 saturated carbocycles. The molecule has 0 aromatic heterocycles. The number of carbonyl (C=O) groups is 1. The summed E-state index contributed by atoms with van der Waals surface area (Å²) in [5, 5.41) is 3.87. The molecule has 3 nitrogen and oxygen atoms in total. The summed E-state index contributed by atoms with van der Waals surface area (Å²) in [6.45, 7) is 2.08. The molecule has 1 aromatic carbocycles. The van der Waals surface area contributed by atoms with Gasteiger partial charge >= 0.3 is 0 Å². The van der Waals surface area contributed by atoms with Crippen LogP contribution in [0, 0.1) is 12.8 Å². The number of carbonyl (C=O) groups excluding carboxylic acids is 1. The summed E-state index contributed by atoms with van der Waals surface area (Å²) in [7, 11) is 0. The van der Waals surface area contributed by atoms with Crippen molar-refractivity contribution in [1.29, 1.82) is 0 Å². The second-order valence-corrected chi connectivity index (χ2v) is 8.49. The Morgan fingerprint density at radius 2 is 1.92 bits per heavy atom. The lowest BCUT2D eigenvalue weighted by atomic mass is 10.0. The molecule has 3 N–H and O–H groups in total. The van der Waals surface area contributed by atoms with Crippen molar-refractivity contribution in [2.45, 2.75) is 74.5 Å². The number of nitrogens with one attached hydrogen (secondary N) is 1. The van der Waals surface area contributed by atoms with Gasteiger partial charge in [0.2, 0.25) is 5.91 Å². The average molecular weight is 369 g/mol. The highest BCUT2D eigenvalue weighted by molar-refractivity contribution is 8.00. The number of anilines is 1. The van der Waals surface area contributed by atoms with Crippen LogP contribution in [0.25, 0.3) is 0 Å². The number of benzene rings is 1. The van der Waals surface area contributed by atoms with Gasteiger partial charge in [-0.2, -0.15) is 0 Å². The van der Waals surface area contributed by atoms with Gasteiger partial charge in [-0.3, -0.25) is 4.79 Å². The van der Waals surface area contributed by atoms with Crippen LogP contribution in [0.5, 0.6) is 0 Å². The Morgan fingerprint density at radius 3 is 2.54 bits per heavy atom. The summed E-state index contributed by atoms with van der Waals surface area (Å²) in [6, 6.07) is 6.63. The minimum Gasteiger partial charge on any atom is -0.328 e. The quantitative estimate of drug-likeness (QED) is 0.794. The monoisotopic (exact) mass is 368 g/mol. The molecule has 134 valence electrons. The van der Waals surface area contributed by atoms with E-state index in [1.165, 1.54) is 37.0 Å². The van der Waals surface area contributed by atoms with Gasteiger partial charge in [0.05, 0.1) is 0 Å². The lowest BCUT2D eigenvalue weighted by Crippen LogP contribution is -2.23. The van der Waals surface area contributed by atoms with Crippen molar-refractivity contribution in [1.82, 2.24) is 0 Å². The van der Waals surface area contributed by atoms with E-state index in [-0.39, 0.29) is 30.3 Å². The van der Waals surface area contributed by atoms with Crippen LogP contribution in [0.3, 0.4) is 0 Å². The number of rotatable bonds is 4. The third-order valence-corrected chi connectivity index (χ3v) is 6.49. The Hall–Kier alpha value is -0.710. The maximum atomic E-state index is 12.3. The summed E-state index contributed by atoms with van der Waals surface area (Å²) >= 11 is 2.00. The number of thioether (sulfide) groups is 1. The highest BCUT2D eigenvalue weighted by atomic mass is 35.5. The summed E-state index contributed by atoms with van der Waals surface area (Å²) in [5.74, 6) is 0.217. The maximum Gasteiger partial charge on any atom is 0.227 e. The van der Waals surface area contributed by atoms with Crippen LogP contribution in [0.15, 0.2) is 23.1 Å². The van der Waals surface area contributed by atoms with Gasteiger partial charge < -0.3 is 11.1 Å². The molecular formula is C19H29ClN2OS. The normalized spacial score (nSPS) is 24.4. The Labute approximate surface area is 155 Å². The van der Waals surface area contributed by atoms with E-state index in [9.17, 15) is 4.79 Å². The van der Waals surface area contributed by atoms with E-state index < -0.39 is 0 Å². The van der Waals surface area contributed by atoms with Gasteiger partial charge in [0, 0.05) is 27.8 Å². The van der Waals surface area contributed by atoms with E-state index in [1.54, 1.807) is 0 Å². The summed E-state index contributed by atoms with van der Waals surface area (Å²) in [4.78, 5) is 13.7. The molecule has 3 rings (SSSR count). The first-order valence-corrected chi connectivity index (χ1v) is 9.83. The number of nitrogens with two attached hydrogens (primary N) is 1. The molecule has 2 aliphatic rings. The Morgan fingerprint density at radius 1 is 1.17 bits per heavy atom. The fourth-order valence-corrected chi connectivity index (χ4v) is 5.06. The third kappa shape index (κ3) is 5.14. The lowest BCUT2D eigenvalue weighted by molar-refractivity contribution is -0.119. The zero-order valence-corrected chi connectivity index (χ0v) is 16.1. The second-order valence-electron chi connectivity index (χ2n) is 7.11. The minimum atomic E-state index is 0. The molecule has 5 heteroatoms. The van der Waals surface area contributed by atoms with Gasteiger partial charge in [0.25, 0.3) is 0 Å². The largest absolute Gasteiger partial charge is 0.328 e. The molecule has 0 radical (unpaired) electrons. The van der Waals surface area contributed by atoms with E-state index in [0.717, 1.165) is 35.8 Å². The highest BCUT2D eigenvalue weighted by Gasteiger charge is 2.28. The van der Waals surface area contributed by atoms with Crippen LogP contribution in [-0.2, 0) is 4.79 Å². The molecule has 0 heterocycles. The van der Waals surface area contributed by atoms with Gasteiger partial charge in [-0.1, -0.05) is 19.3 Å². The fraction of sp³-hybridized carbons (Fsp3) is 0.632. The van der Waals surface area contributed by atoms with Crippen LogP contribution in [-0.4, -0.2) is 17.2 Å². The first kappa shape index (κ1) is 19.6. The zero-order chi connectivity index (χ0) is 16.2. The number of amides is 1. The lowest BCUT2D eigenvalue weighted by Gasteiger charge is -2.21. The number of halogens is 1. The molecule has 0 bridgehead atoms. The molecule has 2 fully saturated rings. The summed E-state index contributed by atoms with van der Waals surface area (Å²) in [6.07, 6.45) is 9.51. The molecule has 0 spiro atoms. The smallest absolute Gasteiger partial charge is 0.227 e. The number of hydrogen-bond acceptors (Lipinski definition) is 3. The van der Waals surface area contributed by atoms with Gasteiger partial charge in [-0.05, 0) is 62.8 Å². The predicted molar refractivity (Wildman–Crippen MR) is 105 cm³/mol. The second kappa shape index (κ2) is 9.12. The van der Waals surface area contributed by atoms with Crippen molar-refractivity contribution in [3.05, 3.63) is 23.8 Å². The molecule has 2 atom stereocenters. The van der Waals surface area contributed by atoms with Crippen molar-refractivity contribution >= 4 is 35.8 Å². The van der Waals surface area contributed by atoms with E-state index in [0.29, 0.717) is 0 Å². The van der Waals surface area contributed by atoms with E-state index in [2.05, 4.69) is 30.4 Å². The van der Waals surface area contributed by atoms with Crippen molar-refractivity contribution in [2.24, 2.45) is 11.7 Å². The Balaban J connectivity index is 0.00000208. The van der Waals surface area contributed by atoms with Crippen LogP contribution in [0.4, 0.5) is 5.69 Å². The SMILES string of the molecule is Cc1cc(SC2CCCCC2)ccc1NC(=O)C1CCC(N)C1.Cl. The molecule has 24 heavy (non-hydrogen) atoms. The predicted octanol–water partition coefficient (Wildman–Crippen LogP) is 4.91. The van der Waals surface area contributed by atoms with Crippen LogP contribution >= 0.6 is 24.2 Å². The Bertz CT molecular complexity index is 560. The molecule has 1 amide bonds. The molecular weight excluding hydrogens is 340 g/mol. The summed E-state index contributed by atoms with van der Waals surface area (Å²) < 4.78 is 0. The average Bonchev–Trinajstić information content (AvgIpc) is 2.98. The molecule has 0 aliphatic heterocycles. The van der Waals surface area contributed by atoms with Crippen molar-refractivity contribution < 1.29 is 4.79 Å². The van der Waals surface area contributed by atoms with E-state index >= 15 is 0 Å². The molecule has 2 aliphatic carbocycles. The maximum absolute atomic E-state index is 12.3. The molecule has 1 aromatic rings. The zero-order valence-electron chi connectivity index (χ0n) is 14.4. The topological polar surface area (TPSA) is 55.1 Å². The van der Waals surface area contributed by atoms with Gasteiger partial charge in [-0.25, -0.2) is 0 Å². The fourth-order valence-electron chi connectivity index (χ4n) is 3.71. The van der Waals surface area contributed by atoms with Crippen molar-refractivity contribution in [2.75, 3.05) is 5.32 Å². The molecule has 0 saturated heterocycles. The van der Waals surface area contributed by atoms with E-state index in [4.69, 9.17) is 5.73 Å². The first-order chi connectivity index (χ1) is 11.1.